The summed E-state index contributed by atoms with van der Waals surface area (Å²) in [6, 6.07) is 0.405. The van der Waals surface area contributed by atoms with Gasteiger partial charge in [-0.1, -0.05) is 13.8 Å². The van der Waals surface area contributed by atoms with Crippen LogP contribution in [0.1, 0.15) is 27.2 Å². The Kier molecular flexibility index (Phi) is 5.34. The van der Waals surface area contributed by atoms with Gasteiger partial charge < -0.3 is 15.4 Å². The van der Waals surface area contributed by atoms with Crippen molar-refractivity contribution in [3.8, 4) is 0 Å². The zero-order chi connectivity index (χ0) is 13.8. The van der Waals surface area contributed by atoms with Crippen molar-refractivity contribution in [1.82, 2.24) is 10.6 Å². The standard InChI is InChI=1S/C13H27N3OS/c1-12(2)10(9-13(12,3)17-5)16-11(14-4)15-7-8-18-6/h10H,7-9H2,1-6H3,(H2,14,15,16). The minimum atomic E-state index is -0.0389. The summed E-state index contributed by atoms with van der Waals surface area (Å²) in [6.45, 7) is 7.60. The molecular formula is C13H27N3OS. The second-order valence-corrected chi connectivity index (χ2v) is 6.54. The Morgan fingerprint density at radius 3 is 2.56 bits per heavy atom. The van der Waals surface area contributed by atoms with Gasteiger partial charge in [0, 0.05) is 37.9 Å². The molecule has 5 heteroatoms. The Bertz CT molecular complexity index is 307. The molecule has 0 radical (unpaired) electrons. The van der Waals surface area contributed by atoms with Crippen LogP contribution < -0.4 is 10.6 Å². The summed E-state index contributed by atoms with van der Waals surface area (Å²) in [5, 5.41) is 6.82. The lowest BCUT2D eigenvalue weighted by molar-refractivity contribution is -0.176. The SMILES string of the molecule is CN=C(NCCSC)NC1CC(C)(OC)C1(C)C. The van der Waals surface area contributed by atoms with E-state index in [0.29, 0.717) is 6.04 Å². The summed E-state index contributed by atoms with van der Waals surface area (Å²) in [6.07, 6.45) is 3.12. The maximum atomic E-state index is 5.63. The minimum Gasteiger partial charge on any atom is -0.378 e. The first-order valence-electron chi connectivity index (χ1n) is 6.42. The van der Waals surface area contributed by atoms with E-state index in [0.717, 1.165) is 24.7 Å². The van der Waals surface area contributed by atoms with Gasteiger partial charge in [0.05, 0.1) is 5.60 Å². The first-order chi connectivity index (χ1) is 8.41. The number of hydrogen-bond acceptors (Lipinski definition) is 3. The summed E-state index contributed by atoms with van der Waals surface area (Å²) < 4.78 is 5.63. The monoisotopic (exact) mass is 273 g/mol. The van der Waals surface area contributed by atoms with Gasteiger partial charge in [-0.3, -0.25) is 4.99 Å². The molecule has 0 aromatic carbocycles. The van der Waals surface area contributed by atoms with E-state index < -0.39 is 0 Å². The van der Waals surface area contributed by atoms with Crippen molar-refractivity contribution in [3.63, 3.8) is 0 Å². The lowest BCUT2D eigenvalue weighted by Crippen LogP contribution is -2.69. The zero-order valence-corrected chi connectivity index (χ0v) is 13.3. The van der Waals surface area contributed by atoms with E-state index in [-0.39, 0.29) is 11.0 Å². The average molecular weight is 273 g/mol. The van der Waals surface area contributed by atoms with E-state index in [9.17, 15) is 0 Å². The van der Waals surface area contributed by atoms with E-state index in [4.69, 9.17) is 4.74 Å². The van der Waals surface area contributed by atoms with Gasteiger partial charge in [-0.25, -0.2) is 0 Å². The third-order valence-corrected chi connectivity index (χ3v) is 5.02. The maximum Gasteiger partial charge on any atom is 0.191 e. The fraction of sp³-hybridized carbons (Fsp3) is 0.923. The summed E-state index contributed by atoms with van der Waals surface area (Å²) in [5.41, 5.74) is 0.0711. The summed E-state index contributed by atoms with van der Waals surface area (Å²) >= 11 is 1.83. The molecule has 0 aliphatic heterocycles. The molecule has 1 aliphatic rings. The topological polar surface area (TPSA) is 45.7 Å². The van der Waals surface area contributed by atoms with Crippen LogP contribution in [0.2, 0.25) is 0 Å². The van der Waals surface area contributed by atoms with Crippen molar-refractivity contribution in [1.29, 1.82) is 0 Å². The molecule has 2 atom stereocenters. The average Bonchev–Trinajstić information content (AvgIpc) is 2.36. The number of aliphatic imine (C=N–C) groups is 1. The quantitative estimate of drug-likeness (QED) is 0.455. The summed E-state index contributed by atoms with van der Waals surface area (Å²) in [5.74, 6) is 1.98. The Balaban J connectivity index is 2.49. The predicted octanol–water partition coefficient (Wildman–Crippen LogP) is 1.72. The Morgan fingerprint density at radius 1 is 1.44 bits per heavy atom. The van der Waals surface area contributed by atoms with Crippen LogP contribution in [0.3, 0.4) is 0 Å². The minimum absolute atomic E-state index is 0.0389. The molecule has 2 unspecified atom stereocenters. The summed E-state index contributed by atoms with van der Waals surface area (Å²) in [4.78, 5) is 4.27. The molecule has 106 valence electrons. The maximum absolute atomic E-state index is 5.63. The first-order valence-corrected chi connectivity index (χ1v) is 7.82. The molecule has 1 rings (SSSR count). The van der Waals surface area contributed by atoms with E-state index in [1.807, 2.05) is 18.8 Å². The highest BCUT2D eigenvalue weighted by molar-refractivity contribution is 7.98. The van der Waals surface area contributed by atoms with Crippen LogP contribution in [0, 0.1) is 5.41 Å². The number of nitrogens with zero attached hydrogens (tertiary/aromatic N) is 1. The van der Waals surface area contributed by atoms with E-state index >= 15 is 0 Å². The molecule has 0 amide bonds. The Morgan fingerprint density at radius 2 is 2.11 bits per heavy atom. The molecule has 4 nitrogen and oxygen atoms in total. The van der Waals surface area contributed by atoms with E-state index in [1.54, 1.807) is 7.11 Å². The second-order valence-electron chi connectivity index (χ2n) is 5.55. The second kappa shape index (κ2) is 6.15. The van der Waals surface area contributed by atoms with Crippen LogP contribution in [0.5, 0.6) is 0 Å². The Hall–Kier alpha value is -0.420. The lowest BCUT2D eigenvalue weighted by atomic mass is 9.56. The van der Waals surface area contributed by atoms with Gasteiger partial charge in [-0.05, 0) is 19.6 Å². The molecule has 1 aliphatic carbocycles. The molecule has 0 saturated heterocycles. The van der Waals surface area contributed by atoms with Gasteiger partial charge in [-0.15, -0.1) is 0 Å². The fourth-order valence-corrected chi connectivity index (χ4v) is 2.66. The van der Waals surface area contributed by atoms with Gasteiger partial charge in [0.1, 0.15) is 0 Å². The highest BCUT2D eigenvalue weighted by Gasteiger charge is 2.57. The molecule has 0 aromatic heterocycles. The highest BCUT2D eigenvalue weighted by atomic mass is 32.2. The van der Waals surface area contributed by atoms with E-state index in [2.05, 4.69) is 42.7 Å². The number of rotatable bonds is 5. The van der Waals surface area contributed by atoms with Crippen LogP contribution >= 0.6 is 11.8 Å². The van der Waals surface area contributed by atoms with Gasteiger partial charge in [0.25, 0.3) is 0 Å². The van der Waals surface area contributed by atoms with Crippen molar-refractivity contribution >= 4 is 17.7 Å². The molecule has 0 aromatic rings. The molecule has 2 N–H and O–H groups in total. The van der Waals surface area contributed by atoms with Crippen LogP contribution in [-0.4, -0.2) is 50.3 Å². The molecule has 0 heterocycles. The predicted molar refractivity (Wildman–Crippen MR) is 80.5 cm³/mol. The lowest BCUT2D eigenvalue weighted by Gasteiger charge is -2.59. The van der Waals surface area contributed by atoms with Gasteiger partial charge in [0.15, 0.2) is 5.96 Å². The fourth-order valence-electron chi connectivity index (χ4n) is 2.35. The third-order valence-electron chi connectivity index (χ3n) is 4.41. The van der Waals surface area contributed by atoms with Crippen molar-refractivity contribution in [2.24, 2.45) is 10.4 Å². The normalized spacial score (nSPS) is 30.8. The first kappa shape index (κ1) is 15.6. The smallest absolute Gasteiger partial charge is 0.191 e. The van der Waals surface area contributed by atoms with Crippen LogP contribution in [-0.2, 0) is 4.74 Å². The number of thioether (sulfide) groups is 1. The molecular weight excluding hydrogens is 246 g/mol. The Labute approximate surface area is 115 Å². The van der Waals surface area contributed by atoms with Gasteiger partial charge in [-0.2, -0.15) is 11.8 Å². The molecule has 18 heavy (non-hydrogen) atoms. The number of ether oxygens (including phenoxy) is 1. The third kappa shape index (κ3) is 2.94. The van der Waals surface area contributed by atoms with Crippen LogP contribution in [0.4, 0.5) is 0 Å². The molecule has 1 saturated carbocycles. The molecule has 0 bridgehead atoms. The number of nitrogens with one attached hydrogen (secondary N) is 2. The van der Waals surface area contributed by atoms with Crippen molar-refractivity contribution < 1.29 is 4.74 Å². The van der Waals surface area contributed by atoms with E-state index in [1.165, 1.54) is 0 Å². The zero-order valence-electron chi connectivity index (χ0n) is 12.5. The number of guanidine groups is 1. The van der Waals surface area contributed by atoms with Crippen LogP contribution in [0.25, 0.3) is 0 Å². The van der Waals surface area contributed by atoms with Crippen molar-refractivity contribution in [2.45, 2.75) is 38.8 Å². The number of methoxy groups -OCH3 is 1. The van der Waals surface area contributed by atoms with Gasteiger partial charge in [0.2, 0.25) is 0 Å². The molecule has 1 fully saturated rings. The van der Waals surface area contributed by atoms with Gasteiger partial charge >= 0.3 is 0 Å². The number of hydrogen-bond donors (Lipinski definition) is 2. The van der Waals surface area contributed by atoms with Crippen LogP contribution in [0.15, 0.2) is 4.99 Å². The van der Waals surface area contributed by atoms with Crippen molar-refractivity contribution in [3.05, 3.63) is 0 Å². The summed E-state index contributed by atoms with van der Waals surface area (Å²) in [7, 11) is 3.61. The molecule has 0 spiro atoms. The highest BCUT2D eigenvalue weighted by Crippen LogP contribution is 2.51. The van der Waals surface area contributed by atoms with Crippen molar-refractivity contribution in [2.75, 3.05) is 32.7 Å². The largest absolute Gasteiger partial charge is 0.378 e.